The molecule has 144 valence electrons. The van der Waals surface area contributed by atoms with Gasteiger partial charge in [-0.15, -0.1) is 0 Å². The van der Waals surface area contributed by atoms with E-state index in [1.54, 1.807) is 12.1 Å². The number of H-pyrrole nitrogens is 1. The van der Waals surface area contributed by atoms with Crippen molar-refractivity contribution in [3.8, 4) is 0 Å². The summed E-state index contributed by atoms with van der Waals surface area (Å²) >= 11 is 3.46. The minimum atomic E-state index is -0.529. The van der Waals surface area contributed by atoms with Crippen LogP contribution in [0.1, 0.15) is 65.6 Å². The summed E-state index contributed by atoms with van der Waals surface area (Å²) in [5.41, 5.74) is 8.39. The fraction of sp³-hybridized carbons (Fsp3) is 0.421. The Bertz CT molecular complexity index is 856. The lowest BCUT2D eigenvalue weighted by Crippen LogP contribution is -2.30. The molecule has 0 unspecified atom stereocenters. The number of rotatable bonds is 5. The number of amides is 2. The number of aromatic amines is 1. The molecular formula is C19H24BrN5O2. The van der Waals surface area contributed by atoms with Crippen LogP contribution in [0, 0.1) is 0 Å². The van der Waals surface area contributed by atoms with Crippen molar-refractivity contribution in [1.82, 2.24) is 10.2 Å². The number of nitrogens with two attached hydrogens (primary N) is 1. The van der Waals surface area contributed by atoms with Gasteiger partial charge in [-0.05, 0) is 59.3 Å². The molecule has 3 rings (SSSR count). The van der Waals surface area contributed by atoms with Crippen molar-refractivity contribution >= 4 is 39.1 Å². The Labute approximate surface area is 166 Å². The third-order valence-electron chi connectivity index (χ3n) is 4.75. The Morgan fingerprint density at radius 2 is 1.96 bits per heavy atom. The molecule has 2 amide bonds. The van der Waals surface area contributed by atoms with Gasteiger partial charge in [-0.1, -0.05) is 13.8 Å². The number of anilines is 2. The maximum absolute atomic E-state index is 12.8. The zero-order valence-corrected chi connectivity index (χ0v) is 17.1. The monoisotopic (exact) mass is 433 g/mol. The molecule has 1 aromatic carbocycles. The Morgan fingerprint density at radius 1 is 1.26 bits per heavy atom. The van der Waals surface area contributed by atoms with Crippen LogP contribution in [-0.4, -0.2) is 35.1 Å². The first kappa shape index (κ1) is 19.4. The Morgan fingerprint density at radius 3 is 2.56 bits per heavy atom. The third-order valence-corrected chi connectivity index (χ3v) is 5.55. The highest BCUT2D eigenvalue weighted by Gasteiger charge is 2.22. The van der Waals surface area contributed by atoms with E-state index in [4.69, 9.17) is 5.73 Å². The maximum atomic E-state index is 12.8. The predicted molar refractivity (Wildman–Crippen MR) is 109 cm³/mol. The van der Waals surface area contributed by atoms with Crippen molar-refractivity contribution in [2.45, 2.75) is 39.0 Å². The van der Waals surface area contributed by atoms with Gasteiger partial charge in [0.25, 0.3) is 5.91 Å². The van der Waals surface area contributed by atoms with Crippen LogP contribution in [0.4, 0.5) is 11.4 Å². The number of halogens is 1. The van der Waals surface area contributed by atoms with Gasteiger partial charge in [0.1, 0.15) is 0 Å². The minimum Gasteiger partial charge on any atom is -0.370 e. The summed E-state index contributed by atoms with van der Waals surface area (Å²) in [6, 6.07) is 5.18. The Hall–Kier alpha value is -2.35. The summed E-state index contributed by atoms with van der Waals surface area (Å²) in [7, 11) is 0. The van der Waals surface area contributed by atoms with Crippen LogP contribution in [0.5, 0.6) is 0 Å². The summed E-state index contributed by atoms with van der Waals surface area (Å²) in [5, 5.41) is 9.96. The molecule has 2 heterocycles. The smallest absolute Gasteiger partial charge is 0.277 e. The second-order valence-corrected chi connectivity index (χ2v) is 7.85. The van der Waals surface area contributed by atoms with Gasteiger partial charge in [-0.25, -0.2) is 0 Å². The average Bonchev–Trinajstić information content (AvgIpc) is 3.04. The number of nitrogens with one attached hydrogen (secondary N) is 2. The van der Waals surface area contributed by atoms with Crippen molar-refractivity contribution < 1.29 is 9.59 Å². The number of hydrogen-bond acceptors (Lipinski definition) is 4. The molecule has 0 spiro atoms. The molecule has 0 bridgehead atoms. The number of aromatic nitrogens is 2. The Balaban J connectivity index is 1.93. The largest absolute Gasteiger partial charge is 0.370 e. The highest BCUT2D eigenvalue weighted by Crippen LogP contribution is 2.31. The van der Waals surface area contributed by atoms with E-state index in [1.807, 2.05) is 19.9 Å². The minimum absolute atomic E-state index is 0.204. The average molecular weight is 434 g/mol. The van der Waals surface area contributed by atoms with E-state index in [-0.39, 0.29) is 17.5 Å². The number of carbonyl (C=O) groups is 2. The second-order valence-electron chi connectivity index (χ2n) is 7.05. The lowest BCUT2D eigenvalue weighted by Gasteiger charge is -2.30. The lowest BCUT2D eigenvalue weighted by molar-refractivity contribution is 0.0995. The fourth-order valence-electron chi connectivity index (χ4n) is 3.26. The van der Waals surface area contributed by atoms with Gasteiger partial charge < -0.3 is 16.0 Å². The summed E-state index contributed by atoms with van der Waals surface area (Å²) in [6.07, 6.45) is 3.41. The quantitative estimate of drug-likeness (QED) is 0.669. The molecule has 0 atom stereocenters. The van der Waals surface area contributed by atoms with Crippen LogP contribution >= 0.6 is 15.9 Å². The zero-order chi connectivity index (χ0) is 19.6. The van der Waals surface area contributed by atoms with Crippen LogP contribution < -0.4 is 16.0 Å². The van der Waals surface area contributed by atoms with E-state index < -0.39 is 5.91 Å². The van der Waals surface area contributed by atoms with E-state index >= 15 is 0 Å². The van der Waals surface area contributed by atoms with Crippen molar-refractivity contribution in [2.75, 3.05) is 23.3 Å². The van der Waals surface area contributed by atoms with Crippen LogP contribution in [0.25, 0.3) is 0 Å². The summed E-state index contributed by atoms with van der Waals surface area (Å²) < 4.78 is 0.653. The first-order valence-corrected chi connectivity index (χ1v) is 9.91. The molecule has 8 heteroatoms. The van der Waals surface area contributed by atoms with Gasteiger partial charge >= 0.3 is 0 Å². The topological polar surface area (TPSA) is 104 Å². The van der Waals surface area contributed by atoms with E-state index in [0.29, 0.717) is 15.7 Å². The summed E-state index contributed by atoms with van der Waals surface area (Å²) in [6.45, 7) is 5.88. The number of carbonyl (C=O) groups excluding carboxylic acids is 2. The van der Waals surface area contributed by atoms with Crippen molar-refractivity contribution in [1.29, 1.82) is 0 Å². The molecule has 1 fully saturated rings. The van der Waals surface area contributed by atoms with Gasteiger partial charge in [-0.3, -0.25) is 14.7 Å². The second kappa shape index (κ2) is 8.12. The third kappa shape index (κ3) is 4.16. The fourth-order valence-corrected chi connectivity index (χ4v) is 4.07. The molecule has 0 saturated carbocycles. The first-order valence-electron chi connectivity index (χ1n) is 9.12. The van der Waals surface area contributed by atoms with Gasteiger partial charge in [0, 0.05) is 18.7 Å². The van der Waals surface area contributed by atoms with E-state index in [0.717, 1.165) is 37.3 Å². The van der Waals surface area contributed by atoms with Gasteiger partial charge in [0.05, 0.1) is 21.5 Å². The van der Waals surface area contributed by atoms with Crippen LogP contribution in [-0.2, 0) is 0 Å². The highest BCUT2D eigenvalue weighted by molar-refractivity contribution is 9.10. The molecule has 1 aliphatic heterocycles. The number of nitrogens with zero attached hydrogens (tertiary/aromatic N) is 2. The maximum Gasteiger partial charge on any atom is 0.277 e. The Kier molecular flexibility index (Phi) is 5.84. The molecule has 0 radical (unpaired) electrons. The number of piperidine rings is 1. The van der Waals surface area contributed by atoms with Gasteiger partial charge in [-0.2, -0.15) is 5.10 Å². The number of benzene rings is 1. The molecule has 0 aliphatic carbocycles. The molecule has 27 heavy (non-hydrogen) atoms. The SMILES string of the molecule is CC(C)c1[nH]nc(C(=O)Nc2cc(C(N)=O)ccc2N2CCCCC2)c1Br. The zero-order valence-electron chi connectivity index (χ0n) is 15.5. The molecule has 1 saturated heterocycles. The molecule has 4 N–H and O–H groups in total. The number of hydrogen-bond donors (Lipinski definition) is 3. The van der Waals surface area contributed by atoms with Gasteiger partial charge in [0.2, 0.25) is 5.91 Å². The van der Waals surface area contributed by atoms with Crippen LogP contribution in [0.3, 0.4) is 0 Å². The summed E-state index contributed by atoms with van der Waals surface area (Å²) in [4.78, 5) is 26.7. The van der Waals surface area contributed by atoms with Gasteiger partial charge in [0.15, 0.2) is 5.69 Å². The van der Waals surface area contributed by atoms with Crippen molar-refractivity contribution in [2.24, 2.45) is 5.73 Å². The highest BCUT2D eigenvalue weighted by atomic mass is 79.9. The molecular weight excluding hydrogens is 410 g/mol. The van der Waals surface area contributed by atoms with Crippen molar-refractivity contribution in [3.05, 3.63) is 39.6 Å². The molecule has 1 aliphatic rings. The first-order chi connectivity index (χ1) is 12.9. The molecule has 7 nitrogen and oxygen atoms in total. The standard InChI is InChI=1S/C19H24BrN5O2/c1-11(2)16-15(20)17(24-23-16)19(27)22-13-10-12(18(21)26)6-7-14(13)25-8-4-3-5-9-25/h6-7,10-11H,3-5,8-9H2,1-2H3,(H2,21,26)(H,22,27)(H,23,24). The number of primary amides is 1. The van der Waals surface area contributed by atoms with E-state index in [2.05, 4.69) is 36.3 Å². The van der Waals surface area contributed by atoms with E-state index in [1.165, 1.54) is 6.42 Å². The lowest BCUT2D eigenvalue weighted by atomic mass is 10.1. The van der Waals surface area contributed by atoms with E-state index in [9.17, 15) is 9.59 Å². The van der Waals surface area contributed by atoms with Crippen LogP contribution in [0.15, 0.2) is 22.7 Å². The molecule has 2 aromatic rings. The molecule has 1 aromatic heterocycles. The van der Waals surface area contributed by atoms with Crippen LogP contribution in [0.2, 0.25) is 0 Å². The summed E-state index contributed by atoms with van der Waals surface area (Å²) in [5.74, 6) is -0.667. The van der Waals surface area contributed by atoms with Crippen molar-refractivity contribution in [3.63, 3.8) is 0 Å². The normalized spacial score (nSPS) is 14.4. The predicted octanol–water partition coefficient (Wildman–Crippen LogP) is 3.64.